The summed E-state index contributed by atoms with van der Waals surface area (Å²) in [5, 5.41) is 8.94. The van der Waals surface area contributed by atoms with Crippen molar-refractivity contribution in [2.75, 3.05) is 6.61 Å². The van der Waals surface area contributed by atoms with Crippen LogP contribution in [0.15, 0.2) is 6.07 Å². The second-order valence-corrected chi connectivity index (χ2v) is 3.63. The first-order valence-corrected chi connectivity index (χ1v) is 5.60. The van der Waals surface area contributed by atoms with Crippen molar-refractivity contribution < 1.29 is 18.3 Å². The van der Waals surface area contributed by atoms with Crippen LogP contribution in [0.2, 0.25) is 0 Å². The van der Waals surface area contributed by atoms with Gasteiger partial charge >= 0.3 is 5.97 Å². The van der Waals surface area contributed by atoms with Crippen LogP contribution in [0.3, 0.4) is 0 Å². The molecule has 1 heterocycles. The molecule has 0 fully saturated rings. The fourth-order valence-corrected chi connectivity index (χ4v) is 1.58. The molecular weight excluding hydrogens is 256 g/mol. The molecule has 2 N–H and O–H groups in total. The normalized spacial score (nSPS) is 10.3. The predicted octanol–water partition coefficient (Wildman–Crippen LogP) is 1.46. The van der Waals surface area contributed by atoms with Gasteiger partial charge in [0.15, 0.2) is 0 Å². The lowest BCUT2D eigenvalue weighted by Crippen LogP contribution is -2.14. The summed E-state index contributed by atoms with van der Waals surface area (Å²) in [6.07, 6.45) is -3.22. The topological polar surface area (TPSA) is 89.0 Å². The van der Waals surface area contributed by atoms with Gasteiger partial charge in [0.2, 0.25) is 0 Å². The lowest BCUT2D eigenvalue weighted by molar-refractivity contribution is -0.142. The van der Waals surface area contributed by atoms with Gasteiger partial charge in [-0.25, -0.2) is 13.8 Å². The number of alkyl halides is 2. The van der Waals surface area contributed by atoms with Crippen LogP contribution in [0.1, 0.15) is 35.9 Å². The maximum atomic E-state index is 13.0. The van der Waals surface area contributed by atoms with Crippen LogP contribution >= 0.6 is 0 Å². The van der Waals surface area contributed by atoms with E-state index in [0.29, 0.717) is 0 Å². The minimum atomic E-state index is -2.81. The van der Waals surface area contributed by atoms with Crippen molar-refractivity contribution in [2.24, 2.45) is 5.73 Å². The maximum absolute atomic E-state index is 13.0. The highest BCUT2D eigenvalue weighted by atomic mass is 19.3. The Labute approximate surface area is 109 Å². The summed E-state index contributed by atoms with van der Waals surface area (Å²) in [5.74, 6) is -0.678. The second kappa shape index (κ2) is 6.75. The Morgan fingerprint density at radius 3 is 2.79 bits per heavy atom. The summed E-state index contributed by atoms with van der Waals surface area (Å²) in [5.41, 5.74) is 4.79. The fourth-order valence-electron chi connectivity index (χ4n) is 1.58. The van der Waals surface area contributed by atoms with E-state index in [0.717, 1.165) is 6.07 Å². The Morgan fingerprint density at radius 1 is 1.63 bits per heavy atom. The highest BCUT2D eigenvalue weighted by Crippen LogP contribution is 2.26. The summed E-state index contributed by atoms with van der Waals surface area (Å²) in [6.45, 7) is 1.68. The molecule has 0 amide bonds. The summed E-state index contributed by atoms with van der Waals surface area (Å²) in [7, 11) is 0. The molecule has 1 aromatic heterocycles. The van der Waals surface area contributed by atoms with Crippen LogP contribution in [0, 0.1) is 11.3 Å². The highest BCUT2D eigenvalue weighted by molar-refractivity contribution is 5.74. The molecule has 0 atom stereocenters. The molecule has 0 aromatic carbocycles. The van der Waals surface area contributed by atoms with Crippen LogP contribution < -0.4 is 5.73 Å². The number of nitrogens with zero attached hydrogens (tertiary/aromatic N) is 2. The SMILES string of the molecule is CCOC(=O)Cc1c(C(F)F)cc(CN)nc1C#N. The van der Waals surface area contributed by atoms with Gasteiger partial charge in [0.05, 0.1) is 18.7 Å². The molecule has 0 unspecified atom stereocenters. The molecule has 1 aromatic rings. The summed E-state index contributed by atoms with van der Waals surface area (Å²) >= 11 is 0. The van der Waals surface area contributed by atoms with Crippen LogP contribution in [-0.2, 0) is 22.5 Å². The third-order valence-corrected chi connectivity index (χ3v) is 2.39. The van der Waals surface area contributed by atoms with Crippen molar-refractivity contribution >= 4 is 5.97 Å². The van der Waals surface area contributed by atoms with Crippen molar-refractivity contribution in [1.82, 2.24) is 4.98 Å². The van der Waals surface area contributed by atoms with E-state index in [4.69, 9.17) is 15.7 Å². The summed E-state index contributed by atoms with van der Waals surface area (Å²) in [4.78, 5) is 15.2. The molecule has 0 radical (unpaired) electrons. The lowest BCUT2D eigenvalue weighted by atomic mass is 10.0. The number of aromatic nitrogens is 1. The fraction of sp³-hybridized carbons (Fsp3) is 0.417. The monoisotopic (exact) mass is 269 g/mol. The van der Waals surface area contributed by atoms with E-state index in [-0.39, 0.29) is 30.1 Å². The Morgan fingerprint density at radius 2 is 2.32 bits per heavy atom. The molecule has 0 spiro atoms. The van der Waals surface area contributed by atoms with Gasteiger partial charge in [-0.3, -0.25) is 4.79 Å². The molecule has 19 heavy (non-hydrogen) atoms. The summed E-state index contributed by atoms with van der Waals surface area (Å²) in [6, 6.07) is 2.82. The molecule has 0 aliphatic carbocycles. The molecule has 0 saturated heterocycles. The quantitative estimate of drug-likeness (QED) is 0.817. The van der Waals surface area contributed by atoms with E-state index < -0.39 is 24.4 Å². The number of hydrogen-bond donors (Lipinski definition) is 1. The number of carbonyl (C=O) groups is 1. The molecule has 7 heteroatoms. The third-order valence-electron chi connectivity index (χ3n) is 2.39. The molecule has 0 saturated carbocycles. The number of nitriles is 1. The van der Waals surface area contributed by atoms with Crippen molar-refractivity contribution in [3.8, 4) is 6.07 Å². The van der Waals surface area contributed by atoms with Gasteiger partial charge < -0.3 is 10.5 Å². The van der Waals surface area contributed by atoms with E-state index in [1.54, 1.807) is 13.0 Å². The van der Waals surface area contributed by atoms with Gasteiger partial charge in [0.25, 0.3) is 6.43 Å². The van der Waals surface area contributed by atoms with Crippen molar-refractivity contribution in [3.05, 3.63) is 28.6 Å². The molecular formula is C12H13F2N3O2. The first-order chi connectivity index (χ1) is 9.03. The van der Waals surface area contributed by atoms with Crippen LogP contribution in [0.4, 0.5) is 8.78 Å². The van der Waals surface area contributed by atoms with Gasteiger partial charge in [-0.15, -0.1) is 0 Å². The van der Waals surface area contributed by atoms with E-state index in [1.807, 2.05) is 0 Å². The zero-order chi connectivity index (χ0) is 14.4. The molecule has 0 bridgehead atoms. The molecule has 5 nitrogen and oxygen atoms in total. The number of esters is 1. The molecule has 102 valence electrons. The molecule has 0 aliphatic heterocycles. The highest BCUT2D eigenvalue weighted by Gasteiger charge is 2.21. The predicted molar refractivity (Wildman–Crippen MR) is 62.1 cm³/mol. The minimum absolute atomic E-state index is 0.0614. The number of ether oxygens (including phenoxy) is 1. The van der Waals surface area contributed by atoms with Crippen LogP contribution in [0.25, 0.3) is 0 Å². The lowest BCUT2D eigenvalue weighted by Gasteiger charge is -2.11. The first-order valence-electron chi connectivity index (χ1n) is 5.60. The number of carbonyl (C=O) groups excluding carboxylic acids is 1. The van der Waals surface area contributed by atoms with Crippen molar-refractivity contribution in [1.29, 1.82) is 5.26 Å². The van der Waals surface area contributed by atoms with Gasteiger partial charge in [-0.05, 0) is 13.0 Å². The van der Waals surface area contributed by atoms with Gasteiger partial charge in [-0.1, -0.05) is 0 Å². The average Bonchev–Trinajstić information content (AvgIpc) is 2.38. The number of pyridine rings is 1. The van der Waals surface area contributed by atoms with Gasteiger partial charge in [0.1, 0.15) is 11.8 Å². The smallest absolute Gasteiger partial charge is 0.310 e. The third kappa shape index (κ3) is 3.69. The van der Waals surface area contributed by atoms with Gasteiger partial charge in [0, 0.05) is 17.7 Å². The number of halogens is 2. The zero-order valence-corrected chi connectivity index (χ0v) is 10.3. The summed E-state index contributed by atoms with van der Waals surface area (Å²) < 4.78 is 30.6. The maximum Gasteiger partial charge on any atom is 0.310 e. The largest absolute Gasteiger partial charge is 0.466 e. The van der Waals surface area contributed by atoms with E-state index >= 15 is 0 Å². The van der Waals surface area contributed by atoms with E-state index in [2.05, 4.69) is 4.98 Å². The van der Waals surface area contributed by atoms with E-state index in [1.165, 1.54) is 0 Å². The van der Waals surface area contributed by atoms with Crippen LogP contribution in [0.5, 0.6) is 0 Å². The Balaban J connectivity index is 3.26. The zero-order valence-electron chi connectivity index (χ0n) is 10.3. The average molecular weight is 269 g/mol. The number of hydrogen-bond acceptors (Lipinski definition) is 5. The number of nitrogens with two attached hydrogens (primary N) is 1. The first kappa shape index (κ1) is 15.0. The van der Waals surface area contributed by atoms with Crippen LogP contribution in [-0.4, -0.2) is 17.6 Å². The Kier molecular flexibility index (Phi) is 5.33. The molecule has 1 rings (SSSR count). The van der Waals surface area contributed by atoms with Crippen molar-refractivity contribution in [2.45, 2.75) is 26.3 Å². The number of rotatable bonds is 5. The Hall–Kier alpha value is -2.07. The van der Waals surface area contributed by atoms with E-state index in [9.17, 15) is 13.6 Å². The van der Waals surface area contributed by atoms with Crippen molar-refractivity contribution in [3.63, 3.8) is 0 Å². The second-order valence-electron chi connectivity index (χ2n) is 3.63. The minimum Gasteiger partial charge on any atom is -0.466 e. The standard InChI is InChI=1S/C12H13F2N3O2/c1-2-19-11(18)4-8-9(12(13)14)3-7(5-15)17-10(8)6-16/h3,12H,2,4-5,15H2,1H3. The Bertz CT molecular complexity index is 512. The molecule has 0 aliphatic rings. The van der Waals surface area contributed by atoms with Gasteiger partial charge in [-0.2, -0.15) is 5.26 Å².